The van der Waals surface area contributed by atoms with Gasteiger partial charge in [0.2, 0.25) is 0 Å². The van der Waals surface area contributed by atoms with E-state index in [4.69, 9.17) is 9.47 Å². The van der Waals surface area contributed by atoms with Crippen LogP contribution in [0.4, 0.5) is 0 Å². The minimum atomic E-state index is -1.41. The summed E-state index contributed by atoms with van der Waals surface area (Å²) < 4.78 is 12.3. The van der Waals surface area contributed by atoms with Crippen LogP contribution in [-0.2, 0) is 9.47 Å². The SMILES string of the molecule is C=C(C)[C@@H]1CC[C@]2(CCCC)CC[C@]3(C)[C@H](CC[C@@H]4[C@@]5(C)CC[C@H](O[C@H]6O[C@H](CO)[C@@H](O)[C@H](O)[C@@H]6O)C(C)(C)[C@@H]5CC[C@]43C)[C@@H]12. The van der Waals surface area contributed by atoms with Gasteiger partial charge in [0.25, 0.3) is 0 Å². The molecule has 1 aliphatic heterocycles. The number of aliphatic hydroxyl groups excluding tert-OH is 4. The van der Waals surface area contributed by atoms with Crippen LogP contribution in [0.25, 0.3) is 0 Å². The highest BCUT2D eigenvalue weighted by molar-refractivity contribution is 5.21. The number of rotatable bonds is 7. The average Bonchev–Trinajstić information content (AvgIpc) is 3.38. The Bertz CT molecular complexity index is 1110. The standard InChI is InChI=1S/C39H66O6/c1-9-10-16-39-19-13-24(23(2)3)30(39)25-11-12-28-36(6)17-15-29(45-34-33(43)32(42)31(41)26(22-40)44-34)35(4,5)27(36)14-18-38(28,8)37(25,7)20-21-39/h24-34,40-43H,2,9-22H2,1,3-8H3/t24-,25+,26+,27-,28+,29-,30+,31+,32-,33-,34+,36-,37+,38+,39+/m0/s1. The molecule has 0 aromatic heterocycles. The Morgan fingerprint density at radius 3 is 2.22 bits per heavy atom. The largest absolute Gasteiger partial charge is 0.394 e. The normalized spacial score (nSPS) is 54.0. The van der Waals surface area contributed by atoms with Gasteiger partial charge in [0, 0.05) is 0 Å². The number of ether oxygens (including phenoxy) is 2. The second-order valence-electron chi connectivity index (χ2n) is 18.3. The lowest BCUT2D eigenvalue weighted by molar-refractivity contribution is -0.332. The molecule has 5 saturated carbocycles. The first-order valence-corrected chi connectivity index (χ1v) is 18.7. The van der Waals surface area contributed by atoms with Crippen LogP contribution in [0.3, 0.4) is 0 Å². The van der Waals surface area contributed by atoms with E-state index in [9.17, 15) is 20.4 Å². The number of hydrogen-bond donors (Lipinski definition) is 4. The Kier molecular flexibility index (Phi) is 9.03. The van der Waals surface area contributed by atoms with Gasteiger partial charge >= 0.3 is 0 Å². The highest BCUT2D eigenvalue weighted by Gasteiger charge is 2.71. The summed E-state index contributed by atoms with van der Waals surface area (Å²) in [7, 11) is 0. The van der Waals surface area contributed by atoms with Crippen molar-refractivity contribution in [3.63, 3.8) is 0 Å². The molecule has 0 spiro atoms. The van der Waals surface area contributed by atoms with E-state index in [1.807, 2.05) is 0 Å². The van der Waals surface area contributed by atoms with E-state index in [0.717, 1.165) is 24.7 Å². The molecule has 45 heavy (non-hydrogen) atoms. The van der Waals surface area contributed by atoms with Crippen molar-refractivity contribution < 1.29 is 29.9 Å². The first-order chi connectivity index (χ1) is 21.1. The summed E-state index contributed by atoms with van der Waals surface area (Å²) in [5.74, 6) is 3.42. The summed E-state index contributed by atoms with van der Waals surface area (Å²) in [6, 6.07) is 0. The molecule has 258 valence electrons. The van der Waals surface area contributed by atoms with Crippen LogP contribution in [-0.4, -0.2) is 63.8 Å². The summed E-state index contributed by atoms with van der Waals surface area (Å²) in [6.07, 6.45) is 10.4. The van der Waals surface area contributed by atoms with Crippen LogP contribution >= 0.6 is 0 Å². The summed E-state index contributed by atoms with van der Waals surface area (Å²) in [5.41, 5.74) is 2.67. The second kappa shape index (κ2) is 11.8. The summed E-state index contributed by atoms with van der Waals surface area (Å²) in [5, 5.41) is 41.2. The number of allylic oxidation sites excluding steroid dienone is 1. The highest BCUT2D eigenvalue weighted by atomic mass is 16.7. The quantitative estimate of drug-likeness (QED) is 0.178. The maximum absolute atomic E-state index is 10.8. The number of hydrogen-bond acceptors (Lipinski definition) is 6. The lowest BCUT2D eigenvalue weighted by atomic mass is 9.32. The zero-order valence-corrected chi connectivity index (χ0v) is 29.6. The first-order valence-electron chi connectivity index (χ1n) is 18.7. The fraction of sp³-hybridized carbons (Fsp3) is 0.949. The molecule has 0 aromatic carbocycles. The molecule has 0 unspecified atom stereocenters. The van der Waals surface area contributed by atoms with E-state index < -0.39 is 37.3 Å². The van der Waals surface area contributed by atoms with Crippen LogP contribution in [0, 0.1) is 56.7 Å². The monoisotopic (exact) mass is 630 g/mol. The van der Waals surface area contributed by atoms with Crippen molar-refractivity contribution in [2.45, 2.75) is 169 Å². The molecule has 6 heteroatoms. The van der Waals surface area contributed by atoms with E-state index in [2.05, 4.69) is 55.0 Å². The second-order valence-corrected chi connectivity index (χ2v) is 18.3. The molecule has 0 amide bonds. The molecule has 15 atom stereocenters. The smallest absolute Gasteiger partial charge is 0.186 e. The average molecular weight is 631 g/mol. The zero-order chi connectivity index (χ0) is 32.7. The van der Waals surface area contributed by atoms with Gasteiger partial charge in [0.1, 0.15) is 24.4 Å². The van der Waals surface area contributed by atoms with Crippen LogP contribution < -0.4 is 0 Å². The van der Waals surface area contributed by atoms with Gasteiger partial charge in [-0.3, -0.25) is 0 Å². The molecule has 4 N–H and O–H groups in total. The molecule has 6 aliphatic rings. The number of aliphatic hydroxyl groups is 4. The van der Waals surface area contributed by atoms with Gasteiger partial charge in [-0.2, -0.15) is 0 Å². The van der Waals surface area contributed by atoms with E-state index in [-0.39, 0.29) is 16.9 Å². The Hall–Kier alpha value is -0.500. The maximum atomic E-state index is 10.8. The molecule has 5 aliphatic carbocycles. The van der Waals surface area contributed by atoms with Gasteiger partial charge in [-0.15, -0.1) is 0 Å². The minimum Gasteiger partial charge on any atom is -0.394 e. The molecular weight excluding hydrogens is 564 g/mol. The molecule has 6 nitrogen and oxygen atoms in total. The molecule has 0 aromatic rings. The molecule has 0 radical (unpaired) electrons. The van der Waals surface area contributed by atoms with Gasteiger partial charge < -0.3 is 29.9 Å². The van der Waals surface area contributed by atoms with Gasteiger partial charge in [-0.1, -0.05) is 66.5 Å². The van der Waals surface area contributed by atoms with Crippen molar-refractivity contribution >= 4 is 0 Å². The maximum Gasteiger partial charge on any atom is 0.186 e. The highest BCUT2D eigenvalue weighted by Crippen LogP contribution is 2.78. The van der Waals surface area contributed by atoms with Gasteiger partial charge in [-0.25, -0.2) is 0 Å². The van der Waals surface area contributed by atoms with Gasteiger partial charge in [0.05, 0.1) is 12.7 Å². The fourth-order valence-corrected chi connectivity index (χ4v) is 13.8. The predicted molar refractivity (Wildman–Crippen MR) is 177 cm³/mol. The summed E-state index contributed by atoms with van der Waals surface area (Å²) >= 11 is 0. The third-order valence-corrected chi connectivity index (χ3v) is 16.4. The Morgan fingerprint density at radius 1 is 0.822 bits per heavy atom. The van der Waals surface area contributed by atoms with Gasteiger partial charge in [-0.05, 0) is 134 Å². The van der Waals surface area contributed by atoms with Crippen LogP contribution in [0.15, 0.2) is 12.2 Å². The van der Waals surface area contributed by atoms with E-state index in [1.54, 1.807) is 0 Å². The number of unbranched alkanes of at least 4 members (excludes halogenated alkanes) is 1. The van der Waals surface area contributed by atoms with Crippen LogP contribution in [0.5, 0.6) is 0 Å². The molecule has 6 rings (SSSR count). The van der Waals surface area contributed by atoms with Crippen molar-refractivity contribution in [1.29, 1.82) is 0 Å². The lowest BCUT2D eigenvalue weighted by Crippen LogP contribution is -2.67. The van der Waals surface area contributed by atoms with Crippen molar-refractivity contribution in [2.24, 2.45) is 56.7 Å². The van der Waals surface area contributed by atoms with Crippen molar-refractivity contribution in [3.8, 4) is 0 Å². The van der Waals surface area contributed by atoms with E-state index in [1.165, 1.54) is 76.2 Å². The zero-order valence-electron chi connectivity index (χ0n) is 29.6. The molecular formula is C39H66O6. The Balaban J connectivity index is 1.26. The number of fused-ring (bicyclic) bond motifs is 7. The lowest BCUT2D eigenvalue weighted by Gasteiger charge is -2.73. The Morgan fingerprint density at radius 2 is 1.56 bits per heavy atom. The topological polar surface area (TPSA) is 99.4 Å². The van der Waals surface area contributed by atoms with Crippen LogP contribution in [0.1, 0.15) is 132 Å². The van der Waals surface area contributed by atoms with Crippen LogP contribution in [0.2, 0.25) is 0 Å². The van der Waals surface area contributed by atoms with Crippen molar-refractivity contribution in [2.75, 3.05) is 6.61 Å². The predicted octanol–water partition coefficient (Wildman–Crippen LogP) is 7.02. The first kappa shape index (κ1) is 34.4. The van der Waals surface area contributed by atoms with Crippen molar-refractivity contribution in [3.05, 3.63) is 12.2 Å². The molecule has 1 saturated heterocycles. The van der Waals surface area contributed by atoms with Gasteiger partial charge in [0.15, 0.2) is 6.29 Å². The minimum absolute atomic E-state index is 0.142. The van der Waals surface area contributed by atoms with E-state index >= 15 is 0 Å². The fourth-order valence-electron chi connectivity index (χ4n) is 13.8. The Labute approximate surface area is 273 Å². The van der Waals surface area contributed by atoms with E-state index in [0.29, 0.717) is 34.0 Å². The molecule has 6 fully saturated rings. The third-order valence-electron chi connectivity index (χ3n) is 16.4. The summed E-state index contributed by atoms with van der Waals surface area (Å²) in [4.78, 5) is 0. The van der Waals surface area contributed by atoms with Crippen molar-refractivity contribution in [1.82, 2.24) is 0 Å². The molecule has 1 heterocycles. The third kappa shape index (κ3) is 4.91. The summed E-state index contributed by atoms with van der Waals surface area (Å²) in [6.45, 7) is 21.5. The molecule has 0 bridgehead atoms.